The minimum atomic E-state index is -3.38. The summed E-state index contributed by atoms with van der Waals surface area (Å²) in [6, 6.07) is 1.59. The van der Waals surface area contributed by atoms with Gasteiger partial charge in [0.1, 0.15) is 4.21 Å². The summed E-state index contributed by atoms with van der Waals surface area (Å²) in [5.41, 5.74) is 0. The molecular formula is C8H12Br2N2O2S2. The van der Waals surface area contributed by atoms with E-state index in [1.807, 2.05) is 19.0 Å². The first kappa shape index (κ1) is 14.6. The molecule has 4 nitrogen and oxygen atoms in total. The fraction of sp³-hybridized carbons (Fsp3) is 0.500. The molecule has 1 rings (SSSR count). The highest BCUT2D eigenvalue weighted by atomic mass is 79.9. The van der Waals surface area contributed by atoms with Crippen molar-refractivity contribution < 1.29 is 8.42 Å². The smallest absolute Gasteiger partial charge is 0.250 e. The van der Waals surface area contributed by atoms with Crippen LogP contribution in [-0.4, -0.2) is 40.5 Å². The molecule has 0 bridgehead atoms. The number of halogens is 2. The normalized spacial score (nSPS) is 12.3. The average Bonchev–Trinajstić information content (AvgIpc) is 2.46. The van der Waals surface area contributed by atoms with Crippen molar-refractivity contribution in [1.82, 2.24) is 9.62 Å². The van der Waals surface area contributed by atoms with Gasteiger partial charge in [0.25, 0.3) is 0 Å². The molecular weight excluding hydrogens is 380 g/mol. The first-order valence-electron chi connectivity index (χ1n) is 4.42. The van der Waals surface area contributed by atoms with Crippen LogP contribution in [0, 0.1) is 0 Å². The van der Waals surface area contributed by atoms with Gasteiger partial charge in [-0.2, -0.15) is 0 Å². The molecule has 92 valence electrons. The highest BCUT2D eigenvalue weighted by Crippen LogP contribution is 2.34. The van der Waals surface area contributed by atoms with Gasteiger partial charge in [0.05, 0.1) is 3.79 Å². The van der Waals surface area contributed by atoms with Gasteiger partial charge in [-0.3, -0.25) is 0 Å². The quantitative estimate of drug-likeness (QED) is 0.836. The van der Waals surface area contributed by atoms with Crippen molar-refractivity contribution in [1.29, 1.82) is 0 Å². The lowest BCUT2D eigenvalue weighted by Gasteiger charge is -2.09. The molecule has 0 unspecified atom stereocenters. The number of hydrogen-bond donors (Lipinski definition) is 1. The summed E-state index contributed by atoms with van der Waals surface area (Å²) in [6.07, 6.45) is 0. The highest BCUT2D eigenvalue weighted by molar-refractivity contribution is 9.13. The lowest BCUT2D eigenvalue weighted by molar-refractivity contribution is 0.412. The second kappa shape index (κ2) is 5.92. The van der Waals surface area contributed by atoms with Crippen LogP contribution in [0.2, 0.25) is 0 Å². The van der Waals surface area contributed by atoms with Crippen LogP contribution in [0.4, 0.5) is 0 Å². The number of sulfonamides is 1. The maximum Gasteiger partial charge on any atom is 0.250 e. The Labute approximate surface area is 116 Å². The first-order chi connectivity index (χ1) is 7.33. The van der Waals surface area contributed by atoms with E-state index in [0.717, 1.165) is 8.26 Å². The molecule has 0 saturated carbocycles. The molecule has 1 aromatic heterocycles. The number of hydrogen-bond acceptors (Lipinski definition) is 4. The van der Waals surface area contributed by atoms with Crippen molar-refractivity contribution in [2.24, 2.45) is 0 Å². The van der Waals surface area contributed by atoms with Gasteiger partial charge in [0.15, 0.2) is 0 Å². The van der Waals surface area contributed by atoms with Gasteiger partial charge < -0.3 is 4.90 Å². The molecule has 0 aromatic carbocycles. The minimum absolute atomic E-state index is 0.310. The Hall–Kier alpha value is 0.530. The fourth-order valence-corrected chi connectivity index (χ4v) is 4.82. The van der Waals surface area contributed by atoms with Crippen molar-refractivity contribution in [3.05, 3.63) is 14.3 Å². The predicted molar refractivity (Wildman–Crippen MR) is 73.5 cm³/mol. The van der Waals surface area contributed by atoms with Crippen molar-refractivity contribution in [3.8, 4) is 0 Å². The highest BCUT2D eigenvalue weighted by Gasteiger charge is 2.18. The van der Waals surface area contributed by atoms with Gasteiger partial charge in [-0.05, 0) is 52.0 Å². The van der Waals surface area contributed by atoms with Gasteiger partial charge in [0, 0.05) is 17.6 Å². The summed E-state index contributed by atoms with van der Waals surface area (Å²) >= 11 is 7.72. The molecule has 0 spiro atoms. The van der Waals surface area contributed by atoms with Crippen LogP contribution >= 0.6 is 43.2 Å². The number of rotatable bonds is 5. The minimum Gasteiger partial charge on any atom is -0.308 e. The predicted octanol–water partition coefficient (Wildman–Crippen LogP) is 2.11. The molecule has 1 heterocycles. The third-order valence-corrected chi connectivity index (χ3v) is 6.93. The lowest BCUT2D eigenvalue weighted by Crippen LogP contribution is -2.30. The van der Waals surface area contributed by atoms with Gasteiger partial charge >= 0.3 is 0 Å². The van der Waals surface area contributed by atoms with E-state index in [1.54, 1.807) is 6.07 Å². The molecule has 16 heavy (non-hydrogen) atoms. The Bertz CT molecular complexity index is 437. The Kier molecular flexibility index (Phi) is 5.40. The number of nitrogens with zero attached hydrogens (tertiary/aromatic N) is 1. The number of nitrogens with one attached hydrogen (secondary N) is 1. The zero-order valence-corrected chi connectivity index (χ0v) is 13.6. The zero-order chi connectivity index (χ0) is 12.3. The topological polar surface area (TPSA) is 49.4 Å². The van der Waals surface area contributed by atoms with Crippen LogP contribution in [0.15, 0.2) is 18.5 Å². The zero-order valence-electron chi connectivity index (χ0n) is 8.83. The third kappa shape index (κ3) is 4.08. The molecule has 0 atom stereocenters. The molecule has 0 aliphatic heterocycles. The largest absolute Gasteiger partial charge is 0.308 e. The van der Waals surface area contributed by atoms with Crippen LogP contribution in [0.5, 0.6) is 0 Å². The van der Waals surface area contributed by atoms with E-state index in [1.165, 1.54) is 11.3 Å². The summed E-state index contributed by atoms with van der Waals surface area (Å²) in [7, 11) is 0.415. The van der Waals surface area contributed by atoms with E-state index >= 15 is 0 Å². The molecule has 1 N–H and O–H groups in total. The molecule has 0 amide bonds. The lowest BCUT2D eigenvalue weighted by atomic mass is 10.6. The standard InChI is InChI=1S/C8H12Br2N2O2S2/c1-12(2)4-3-11-16(13,14)7-5-6(9)8(10)15-7/h5,11H,3-4H2,1-2H3. The maximum atomic E-state index is 11.8. The van der Waals surface area contributed by atoms with Gasteiger partial charge in [-0.15, -0.1) is 11.3 Å². The summed E-state index contributed by atoms with van der Waals surface area (Å²) in [5, 5.41) is 0. The fourth-order valence-electron chi connectivity index (χ4n) is 0.934. The van der Waals surface area contributed by atoms with E-state index in [2.05, 4.69) is 36.6 Å². The van der Waals surface area contributed by atoms with Crippen LogP contribution in [0.3, 0.4) is 0 Å². The van der Waals surface area contributed by atoms with Crippen LogP contribution < -0.4 is 4.72 Å². The van der Waals surface area contributed by atoms with Gasteiger partial charge in [-0.25, -0.2) is 13.1 Å². The van der Waals surface area contributed by atoms with Crippen molar-refractivity contribution in [2.75, 3.05) is 27.2 Å². The molecule has 0 aliphatic rings. The number of thiophene rings is 1. The van der Waals surface area contributed by atoms with E-state index in [0.29, 0.717) is 17.3 Å². The van der Waals surface area contributed by atoms with E-state index < -0.39 is 10.0 Å². The summed E-state index contributed by atoms with van der Waals surface area (Å²) in [5.74, 6) is 0. The SMILES string of the molecule is CN(C)CCNS(=O)(=O)c1cc(Br)c(Br)s1. The molecule has 0 saturated heterocycles. The van der Waals surface area contributed by atoms with Crippen molar-refractivity contribution >= 4 is 53.2 Å². The summed E-state index contributed by atoms with van der Waals surface area (Å²) in [4.78, 5) is 1.92. The Morgan fingerprint density at radius 3 is 2.50 bits per heavy atom. The van der Waals surface area contributed by atoms with Crippen molar-refractivity contribution in [2.45, 2.75) is 4.21 Å². The molecule has 0 fully saturated rings. The Morgan fingerprint density at radius 1 is 1.44 bits per heavy atom. The van der Waals surface area contributed by atoms with E-state index in [-0.39, 0.29) is 0 Å². The summed E-state index contributed by atoms with van der Waals surface area (Å²) in [6.45, 7) is 1.08. The van der Waals surface area contributed by atoms with E-state index in [4.69, 9.17) is 0 Å². The molecule has 0 aliphatic carbocycles. The maximum absolute atomic E-state index is 11.8. The molecule has 1 aromatic rings. The van der Waals surface area contributed by atoms with Gasteiger partial charge in [-0.1, -0.05) is 0 Å². The molecule has 8 heteroatoms. The van der Waals surface area contributed by atoms with Gasteiger partial charge in [0.2, 0.25) is 10.0 Å². The molecule has 0 radical (unpaired) electrons. The number of likely N-dealkylation sites (N-methyl/N-ethyl adjacent to an activating group) is 1. The monoisotopic (exact) mass is 390 g/mol. The Balaban J connectivity index is 2.71. The average molecular weight is 392 g/mol. The second-order valence-electron chi connectivity index (χ2n) is 3.39. The Morgan fingerprint density at radius 2 is 2.06 bits per heavy atom. The van der Waals surface area contributed by atoms with Crippen LogP contribution in [-0.2, 0) is 10.0 Å². The summed E-state index contributed by atoms with van der Waals surface area (Å²) < 4.78 is 28.0. The van der Waals surface area contributed by atoms with Crippen LogP contribution in [0.25, 0.3) is 0 Å². The third-order valence-electron chi connectivity index (χ3n) is 1.74. The van der Waals surface area contributed by atoms with E-state index in [9.17, 15) is 8.42 Å². The second-order valence-corrected chi connectivity index (χ2v) is 8.61. The van der Waals surface area contributed by atoms with Crippen LogP contribution in [0.1, 0.15) is 0 Å². The first-order valence-corrected chi connectivity index (χ1v) is 8.31. The van der Waals surface area contributed by atoms with Crippen molar-refractivity contribution in [3.63, 3.8) is 0 Å².